The summed E-state index contributed by atoms with van der Waals surface area (Å²) in [6.45, 7) is 2.02. The normalized spacial score (nSPS) is 11.2. The summed E-state index contributed by atoms with van der Waals surface area (Å²) in [4.78, 5) is 4.35. The van der Waals surface area contributed by atoms with E-state index in [-0.39, 0.29) is 0 Å². The molecule has 14 heavy (non-hydrogen) atoms. The van der Waals surface area contributed by atoms with Crippen LogP contribution in [-0.4, -0.2) is 4.98 Å². The second kappa shape index (κ2) is 4.03. The number of hydrogen-bond donors (Lipinski definition) is 0. The zero-order chi connectivity index (χ0) is 10.8. The van der Waals surface area contributed by atoms with Gasteiger partial charge in [0.15, 0.2) is 0 Å². The van der Waals surface area contributed by atoms with E-state index in [1.54, 1.807) is 12.3 Å². The summed E-state index contributed by atoms with van der Waals surface area (Å²) in [5, 5.41) is 0. The molecule has 0 radical (unpaired) electrons. The minimum absolute atomic E-state index is 0.539. The molecule has 1 aromatic heterocycles. The minimum atomic E-state index is 0.539. The van der Waals surface area contributed by atoms with Crippen LogP contribution >= 0.6 is 0 Å². The van der Waals surface area contributed by atoms with Gasteiger partial charge in [-0.2, -0.15) is 0 Å². The molecule has 2 rings (SSSR count). The predicted molar refractivity (Wildman–Crippen MR) is 54.0 cm³/mol. The zero-order valence-electron chi connectivity index (χ0n) is 8.74. The van der Waals surface area contributed by atoms with Gasteiger partial charge in [-0.05, 0) is 0 Å². The molecule has 72 valence electrons. The van der Waals surface area contributed by atoms with Gasteiger partial charge in [0.05, 0.1) is 0 Å². The Morgan fingerprint density at radius 2 is 2.14 bits per heavy atom. The topological polar surface area (TPSA) is 12.9 Å². The second-order valence-corrected chi connectivity index (χ2v) is 4.33. The van der Waals surface area contributed by atoms with Crippen LogP contribution in [0.25, 0.3) is 11.3 Å². The van der Waals surface area contributed by atoms with Gasteiger partial charge in [0.2, 0.25) is 0 Å². The van der Waals surface area contributed by atoms with Crippen LogP contribution in [0, 0.1) is 6.92 Å². The molecule has 0 spiro atoms. The third kappa shape index (κ3) is 1.77. The SMILES string of the molecule is [2H]c1ccc[c]([Ir])c1-c1ncccc1C. The van der Waals surface area contributed by atoms with E-state index in [0.29, 0.717) is 6.04 Å². The third-order valence-electron chi connectivity index (χ3n) is 2.03. The van der Waals surface area contributed by atoms with Gasteiger partial charge in [0, 0.05) is 0 Å². The molecule has 0 bridgehead atoms. The summed E-state index contributed by atoms with van der Waals surface area (Å²) in [7, 11) is 0. The average Bonchev–Trinajstić information content (AvgIpc) is 2.20. The molecule has 2 heteroatoms. The Kier molecular flexibility index (Phi) is 2.40. The fourth-order valence-corrected chi connectivity index (χ4v) is 2.02. The standard InChI is InChI=1S/C12H10N.Ir/c1-10-6-5-9-13-12(10)11-7-3-2-4-8-11;/h2-7,9H,1H3;/i7D;. The van der Waals surface area contributed by atoms with E-state index in [4.69, 9.17) is 1.37 Å². The Hall–Kier alpha value is -0.981. The number of benzene rings is 1. The van der Waals surface area contributed by atoms with Gasteiger partial charge in [-0.25, -0.2) is 0 Å². The quantitative estimate of drug-likeness (QED) is 0.759. The second-order valence-electron chi connectivity index (χ2n) is 3.04. The molecule has 1 aromatic carbocycles. The fraction of sp³-hybridized carbons (Fsp3) is 0.0833. The van der Waals surface area contributed by atoms with Crippen LogP contribution < -0.4 is 4.08 Å². The number of nitrogens with zero attached hydrogens (tertiary/aromatic N) is 1. The van der Waals surface area contributed by atoms with Gasteiger partial charge >= 0.3 is 95.6 Å². The Morgan fingerprint density at radius 1 is 1.29 bits per heavy atom. The van der Waals surface area contributed by atoms with Crippen molar-refractivity contribution in [2.45, 2.75) is 6.92 Å². The molecule has 0 saturated heterocycles. The van der Waals surface area contributed by atoms with Gasteiger partial charge in [-0.1, -0.05) is 0 Å². The van der Waals surface area contributed by atoms with Gasteiger partial charge in [-0.15, -0.1) is 0 Å². The van der Waals surface area contributed by atoms with E-state index < -0.39 is 0 Å². The van der Waals surface area contributed by atoms with Crippen molar-refractivity contribution < 1.29 is 20.3 Å². The Labute approximate surface area is 95.8 Å². The van der Waals surface area contributed by atoms with Crippen molar-refractivity contribution in [3.05, 3.63) is 48.1 Å². The maximum atomic E-state index is 7.91. The predicted octanol–water partition coefficient (Wildman–Crippen LogP) is 2.23. The molecule has 1 nitrogen and oxygen atoms in total. The summed E-state index contributed by atoms with van der Waals surface area (Å²) < 4.78 is 9.01. The molecule has 0 saturated carbocycles. The van der Waals surface area contributed by atoms with E-state index in [9.17, 15) is 0 Å². The van der Waals surface area contributed by atoms with Crippen LogP contribution in [0.3, 0.4) is 0 Å². The van der Waals surface area contributed by atoms with Crippen LogP contribution in [-0.2, 0) is 18.9 Å². The van der Waals surface area contributed by atoms with Gasteiger partial charge in [0.1, 0.15) is 0 Å². The van der Waals surface area contributed by atoms with Gasteiger partial charge in [0.25, 0.3) is 0 Å². The number of aryl methyl sites for hydroxylation is 1. The molecule has 1 heterocycles. The first-order chi connectivity index (χ1) is 7.20. The Morgan fingerprint density at radius 3 is 2.86 bits per heavy atom. The van der Waals surface area contributed by atoms with Gasteiger partial charge < -0.3 is 0 Å². The summed E-state index contributed by atoms with van der Waals surface area (Å²) >= 11 is 2.02. The van der Waals surface area contributed by atoms with E-state index in [0.717, 1.165) is 20.9 Å². The molecule has 0 fully saturated rings. The number of hydrogen-bond acceptors (Lipinski definition) is 1. The fourth-order valence-electron chi connectivity index (χ4n) is 1.33. The Balaban J connectivity index is 2.69. The van der Waals surface area contributed by atoms with E-state index in [1.165, 1.54) is 0 Å². The molecular formula is C12H10IrN. The molecule has 0 N–H and O–H groups in total. The van der Waals surface area contributed by atoms with Crippen molar-refractivity contribution in [2.24, 2.45) is 0 Å². The summed E-state index contributed by atoms with van der Waals surface area (Å²) in [6, 6.07) is 10.2. The van der Waals surface area contributed by atoms with Gasteiger partial charge in [-0.3, -0.25) is 0 Å². The van der Waals surface area contributed by atoms with Crippen LogP contribution in [0.4, 0.5) is 0 Å². The van der Waals surface area contributed by atoms with Crippen molar-refractivity contribution in [3.8, 4) is 11.3 Å². The van der Waals surface area contributed by atoms with Crippen LogP contribution in [0.2, 0.25) is 0 Å². The molecule has 0 unspecified atom stereocenters. The molecule has 0 aliphatic rings. The molecule has 2 aromatic rings. The van der Waals surface area contributed by atoms with E-state index in [1.807, 2.05) is 50.1 Å². The monoisotopic (exact) mass is 362 g/mol. The molecule has 0 aliphatic carbocycles. The van der Waals surface area contributed by atoms with Crippen LogP contribution in [0.5, 0.6) is 0 Å². The average molecular weight is 361 g/mol. The van der Waals surface area contributed by atoms with Crippen molar-refractivity contribution in [1.29, 1.82) is 0 Å². The molecule has 0 atom stereocenters. The van der Waals surface area contributed by atoms with Crippen molar-refractivity contribution in [3.63, 3.8) is 0 Å². The number of aromatic nitrogens is 1. The van der Waals surface area contributed by atoms with Crippen molar-refractivity contribution in [2.75, 3.05) is 0 Å². The van der Waals surface area contributed by atoms with E-state index in [2.05, 4.69) is 4.98 Å². The summed E-state index contributed by atoms with van der Waals surface area (Å²) in [5.74, 6) is 0. The molecule has 0 aliphatic heterocycles. The summed E-state index contributed by atoms with van der Waals surface area (Å²) in [5.41, 5.74) is 2.97. The number of rotatable bonds is 1. The summed E-state index contributed by atoms with van der Waals surface area (Å²) in [6.07, 6.45) is 1.77. The molecular weight excluding hydrogens is 350 g/mol. The third-order valence-corrected chi connectivity index (χ3v) is 3.03. The van der Waals surface area contributed by atoms with Crippen LogP contribution in [0.15, 0.2) is 42.6 Å². The van der Waals surface area contributed by atoms with Crippen molar-refractivity contribution in [1.82, 2.24) is 4.98 Å². The van der Waals surface area contributed by atoms with E-state index >= 15 is 0 Å². The molecule has 0 amide bonds. The van der Waals surface area contributed by atoms with Crippen molar-refractivity contribution >= 4 is 4.08 Å². The zero-order valence-corrected chi connectivity index (χ0v) is 10.1. The first-order valence-electron chi connectivity index (χ1n) is 4.85. The maximum absolute atomic E-state index is 7.91. The Bertz CT molecular complexity index is 476. The first kappa shape index (κ1) is 8.34. The number of pyridine rings is 1. The van der Waals surface area contributed by atoms with Crippen LogP contribution in [0.1, 0.15) is 6.93 Å². The first-order valence-corrected chi connectivity index (χ1v) is 5.55.